The zero-order valence-corrected chi connectivity index (χ0v) is 12.8. The van der Waals surface area contributed by atoms with Crippen LogP contribution in [-0.4, -0.2) is 12.4 Å². The monoisotopic (exact) mass is 339 g/mol. The number of ketones is 1. The largest absolute Gasteiger partial charge is 0.485 e. The molecule has 0 aromatic heterocycles. The number of nitriles is 1. The summed E-state index contributed by atoms with van der Waals surface area (Å²) in [6, 6.07) is 11.1. The lowest BCUT2D eigenvalue weighted by atomic mass is 10.1. The number of hydrogen-bond acceptors (Lipinski definition) is 3. The van der Waals surface area contributed by atoms with Crippen molar-refractivity contribution in [2.24, 2.45) is 0 Å². The molecule has 0 amide bonds. The van der Waals surface area contributed by atoms with Gasteiger partial charge in [0.2, 0.25) is 5.78 Å². The van der Waals surface area contributed by atoms with Crippen LogP contribution in [0.2, 0.25) is 15.1 Å². The van der Waals surface area contributed by atoms with E-state index in [1.54, 1.807) is 18.2 Å². The fourth-order valence-electron chi connectivity index (χ4n) is 1.61. The summed E-state index contributed by atoms with van der Waals surface area (Å²) >= 11 is 17.7. The molecule has 6 heteroatoms. The first kappa shape index (κ1) is 15.7. The first-order chi connectivity index (χ1) is 10.0. The summed E-state index contributed by atoms with van der Waals surface area (Å²) in [6.07, 6.45) is 0. The molecule has 21 heavy (non-hydrogen) atoms. The number of ether oxygens (including phenoxy) is 1. The summed E-state index contributed by atoms with van der Waals surface area (Å²) in [5.41, 5.74) is 0.636. The maximum absolute atomic E-state index is 12.0. The van der Waals surface area contributed by atoms with Gasteiger partial charge in [0.1, 0.15) is 11.8 Å². The maximum Gasteiger partial charge on any atom is 0.201 e. The second kappa shape index (κ2) is 6.82. The van der Waals surface area contributed by atoms with Crippen LogP contribution in [0.15, 0.2) is 36.4 Å². The molecule has 2 aromatic rings. The molecule has 0 fully saturated rings. The average molecular weight is 341 g/mol. The van der Waals surface area contributed by atoms with E-state index in [0.717, 1.165) is 0 Å². The molecular weight excluding hydrogens is 333 g/mol. The Bertz CT molecular complexity index is 738. The van der Waals surface area contributed by atoms with Gasteiger partial charge in [-0.1, -0.05) is 34.8 Å². The van der Waals surface area contributed by atoms with Gasteiger partial charge in [0.15, 0.2) is 6.61 Å². The molecule has 0 heterocycles. The number of rotatable bonds is 4. The Balaban J connectivity index is 2.09. The van der Waals surface area contributed by atoms with Gasteiger partial charge in [-0.25, -0.2) is 0 Å². The molecule has 0 saturated heterocycles. The number of nitrogens with zero attached hydrogens (tertiary/aromatic N) is 1. The minimum absolute atomic E-state index is 0.206. The molecule has 0 atom stereocenters. The minimum atomic E-state index is -0.303. The lowest BCUT2D eigenvalue weighted by Crippen LogP contribution is -2.12. The van der Waals surface area contributed by atoms with Crippen molar-refractivity contribution in [3.63, 3.8) is 0 Å². The van der Waals surface area contributed by atoms with Crippen molar-refractivity contribution in [3.05, 3.63) is 62.6 Å². The number of benzene rings is 2. The van der Waals surface area contributed by atoms with E-state index in [9.17, 15) is 4.79 Å². The molecule has 0 unspecified atom stereocenters. The zero-order chi connectivity index (χ0) is 15.4. The van der Waals surface area contributed by atoms with Crippen molar-refractivity contribution in [3.8, 4) is 11.8 Å². The second-order valence-corrected chi connectivity index (χ2v) is 5.34. The van der Waals surface area contributed by atoms with Crippen molar-refractivity contribution < 1.29 is 9.53 Å². The summed E-state index contributed by atoms with van der Waals surface area (Å²) in [4.78, 5) is 12.0. The lowest BCUT2D eigenvalue weighted by molar-refractivity contribution is 0.0921. The number of Topliss-reactive ketones (excluding diaryl/α,β-unsaturated/α-hetero) is 1. The van der Waals surface area contributed by atoms with Gasteiger partial charge in [-0.05, 0) is 30.3 Å². The van der Waals surface area contributed by atoms with Gasteiger partial charge >= 0.3 is 0 Å². The number of halogens is 3. The highest BCUT2D eigenvalue weighted by Crippen LogP contribution is 2.24. The van der Waals surface area contributed by atoms with Crippen LogP contribution in [0.1, 0.15) is 15.9 Å². The first-order valence-electron chi connectivity index (χ1n) is 5.82. The fraction of sp³-hybridized carbons (Fsp3) is 0.0667. The molecule has 106 valence electrons. The quantitative estimate of drug-likeness (QED) is 0.753. The van der Waals surface area contributed by atoms with E-state index in [2.05, 4.69) is 0 Å². The van der Waals surface area contributed by atoms with E-state index < -0.39 is 0 Å². The highest BCUT2D eigenvalue weighted by Gasteiger charge is 2.12. The molecule has 0 bridgehead atoms. The molecule has 2 aromatic carbocycles. The Morgan fingerprint density at radius 1 is 1.10 bits per heavy atom. The third-order valence-corrected chi connectivity index (χ3v) is 3.54. The molecule has 0 radical (unpaired) electrons. The third-order valence-electron chi connectivity index (χ3n) is 2.66. The molecule has 0 spiro atoms. The number of carbonyl (C=O) groups excluding carboxylic acids is 1. The lowest BCUT2D eigenvalue weighted by Gasteiger charge is -2.08. The Morgan fingerprint density at radius 2 is 1.86 bits per heavy atom. The Labute approximate surface area is 136 Å². The summed E-state index contributed by atoms with van der Waals surface area (Å²) < 4.78 is 5.35. The van der Waals surface area contributed by atoms with Crippen LogP contribution < -0.4 is 4.74 Å². The van der Waals surface area contributed by atoms with E-state index >= 15 is 0 Å². The summed E-state index contributed by atoms with van der Waals surface area (Å²) in [7, 11) is 0. The van der Waals surface area contributed by atoms with E-state index in [1.165, 1.54) is 18.2 Å². The molecule has 0 aliphatic heterocycles. The van der Waals surface area contributed by atoms with Crippen LogP contribution in [0.4, 0.5) is 0 Å². The molecule has 2 rings (SSSR count). The zero-order valence-electron chi connectivity index (χ0n) is 10.6. The maximum atomic E-state index is 12.0. The normalized spacial score (nSPS) is 10.0. The van der Waals surface area contributed by atoms with Gasteiger partial charge in [0.25, 0.3) is 0 Å². The molecule has 0 aliphatic rings. The van der Waals surface area contributed by atoms with Crippen molar-refractivity contribution >= 4 is 40.6 Å². The summed E-state index contributed by atoms with van der Waals surface area (Å²) in [5.74, 6) is 0.0912. The van der Waals surface area contributed by atoms with Crippen molar-refractivity contribution in [1.82, 2.24) is 0 Å². The fourth-order valence-corrected chi connectivity index (χ4v) is 2.22. The van der Waals surface area contributed by atoms with Crippen molar-refractivity contribution in [2.75, 3.05) is 6.61 Å². The van der Waals surface area contributed by atoms with Crippen LogP contribution in [0.25, 0.3) is 0 Å². The van der Waals surface area contributed by atoms with E-state index in [1.807, 2.05) is 6.07 Å². The molecule has 0 saturated carbocycles. The Hall–Kier alpha value is -1.73. The predicted octanol–water partition coefficient (Wildman–Crippen LogP) is 4.78. The topological polar surface area (TPSA) is 50.1 Å². The third kappa shape index (κ3) is 3.89. The standard InChI is InChI=1S/C15H8Cl3NO2/c16-10-2-4-13(17)12(5-10)15(20)8-21-11-3-1-9(7-19)14(18)6-11/h1-6H,8H2. The predicted molar refractivity (Wildman–Crippen MR) is 82.5 cm³/mol. The van der Waals surface area contributed by atoms with E-state index in [-0.39, 0.29) is 17.4 Å². The molecule has 0 aliphatic carbocycles. The van der Waals surface area contributed by atoms with Gasteiger partial charge < -0.3 is 4.74 Å². The summed E-state index contributed by atoms with van der Waals surface area (Å²) in [5, 5.41) is 9.77. The number of carbonyl (C=O) groups is 1. The van der Waals surface area contributed by atoms with Crippen LogP contribution >= 0.6 is 34.8 Å². The smallest absolute Gasteiger partial charge is 0.201 e. The number of hydrogen-bond donors (Lipinski definition) is 0. The minimum Gasteiger partial charge on any atom is -0.485 e. The van der Waals surface area contributed by atoms with Crippen LogP contribution in [0.3, 0.4) is 0 Å². The molecule has 0 N–H and O–H groups in total. The Morgan fingerprint density at radius 3 is 2.52 bits per heavy atom. The van der Waals surface area contributed by atoms with Gasteiger partial charge in [0.05, 0.1) is 15.6 Å². The summed E-state index contributed by atoms with van der Waals surface area (Å²) in [6.45, 7) is -0.206. The van der Waals surface area contributed by atoms with Gasteiger partial charge in [-0.2, -0.15) is 5.26 Å². The van der Waals surface area contributed by atoms with Crippen LogP contribution in [0.5, 0.6) is 5.75 Å². The molecule has 3 nitrogen and oxygen atoms in total. The van der Waals surface area contributed by atoms with E-state index in [0.29, 0.717) is 26.9 Å². The first-order valence-corrected chi connectivity index (χ1v) is 6.95. The highest BCUT2D eigenvalue weighted by atomic mass is 35.5. The van der Waals surface area contributed by atoms with Gasteiger partial charge in [-0.3, -0.25) is 4.79 Å². The average Bonchev–Trinajstić information content (AvgIpc) is 2.47. The molecular formula is C15H8Cl3NO2. The Kier molecular flexibility index (Phi) is 5.08. The highest BCUT2D eigenvalue weighted by molar-refractivity contribution is 6.36. The second-order valence-electron chi connectivity index (χ2n) is 4.09. The van der Waals surface area contributed by atoms with Gasteiger partial charge in [-0.15, -0.1) is 0 Å². The van der Waals surface area contributed by atoms with Crippen molar-refractivity contribution in [2.45, 2.75) is 0 Å². The van der Waals surface area contributed by atoms with E-state index in [4.69, 9.17) is 44.8 Å². The van der Waals surface area contributed by atoms with Gasteiger partial charge in [0, 0.05) is 16.7 Å². The SMILES string of the molecule is N#Cc1ccc(OCC(=O)c2cc(Cl)ccc2Cl)cc1Cl. The van der Waals surface area contributed by atoms with Crippen molar-refractivity contribution in [1.29, 1.82) is 5.26 Å². The van der Waals surface area contributed by atoms with Crippen LogP contribution in [-0.2, 0) is 0 Å². The van der Waals surface area contributed by atoms with Crippen LogP contribution in [0, 0.1) is 11.3 Å².